The molecular formula is C73H135NO13. The molecule has 12 atom stereocenters. The topological polar surface area (TPSA) is 228 Å². The van der Waals surface area contributed by atoms with Crippen molar-refractivity contribution in [1.29, 1.82) is 0 Å². The SMILES string of the molecule is CCCCCCC/C=C\C/C=C\C/C=C\CCCCCCCCCCCCCCCCCCCCCCCCCCCCC(=O)NC(COC1OC(CO)C(OC2OC(CO)C(O)C(O)C2O)C(O)C1O)C(O)/C=C/CCCCCCCCCCCC. The lowest BCUT2D eigenvalue weighted by Crippen LogP contribution is -2.65. The average molecular weight is 1230 g/mol. The fourth-order valence-electron chi connectivity index (χ4n) is 11.9. The van der Waals surface area contributed by atoms with Gasteiger partial charge in [-0.15, -0.1) is 0 Å². The number of carbonyl (C=O) groups excluding carboxylic acids is 1. The Labute approximate surface area is 531 Å². The normalized spacial score (nSPS) is 23.5. The number of rotatable bonds is 60. The van der Waals surface area contributed by atoms with E-state index in [1.807, 2.05) is 6.08 Å². The van der Waals surface area contributed by atoms with Gasteiger partial charge in [-0.1, -0.05) is 300 Å². The number of aliphatic hydroxyl groups excluding tert-OH is 8. The van der Waals surface area contributed by atoms with Gasteiger partial charge in [0.05, 0.1) is 32.0 Å². The highest BCUT2D eigenvalue weighted by molar-refractivity contribution is 5.76. The molecule has 0 saturated carbocycles. The molecule has 2 fully saturated rings. The van der Waals surface area contributed by atoms with Crippen molar-refractivity contribution < 1.29 is 64.6 Å². The van der Waals surface area contributed by atoms with Crippen LogP contribution in [0.1, 0.15) is 316 Å². The maximum absolute atomic E-state index is 13.3. The summed E-state index contributed by atoms with van der Waals surface area (Å²) in [5, 5.41) is 87.2. The summed E-state index contributed by atoms with van der Waals surface area (Å²) in [4.78, 5) is 13.3. The third kappa shape index (κ3) is 41.9. The van der Waals surface area contributed by atoms with E-state index in [-0.39, 0.29) is 18.9 Å². The standard InChI is InChI=1S/C73H135NO13/c1-3-5-7-9-11-13-15-17-18-19-20-21-22-23-24-25-26-27-28-29-30-31-32-33-34-35-36-37-38-39-40-41-42-43-44-45-47-49-51-53-55-57-65(78)74-61(62(77)56-54-52-50-48-46-16-14-12-10-8-6-4-2)60-84-72-70(83)68(81)71(64(59-76)86-72)87-73-69(82)67(80)66(79)63(58-75)85-73/h15,17,19-20,22-23,54,56,61-64,66-73,75-77,79-83H,3-14,16,18,21,24-53,55,57-60H2,1-2H3,(H,74,78)/b17-15-,20-19-,23-22-,56-54+. The summed E-state index contributed by atoms with van der Waals surface area (Å²) < 4.78 is 22.8. The van der Waals surface area contributed by atoms with Crippen LogP contribution in [0.15, 0.2) is 48.6 Å². The Bertz CT molecular complexity index is 1640. The van der Waals surface area contributed by atoms with Crippen molar-refractivity contribution >= 4 is 5.91 Å². The van der Waals surface area contributed by atoms with Gasteiger partial charge in [-0.25, -0.2) is 0 Å². The van der Waals surface area contributed by atoms with E-state index in [1.54, 1.807) is 6.08 Å². The molecule has 510 valence electrons. The van der Waals surface area contributed by atoms with E-state index >= 15 is 0 Å². The smallest absolute Gasteiger partial charge is 0.220 e. The largest absolute Gasteiger partial charge is 0.394 e. The number of unbranched alkanes of at least 4 members (excludes halogenated alkanes) is 41. The number of amides is 1. The molecule has 1 amide bonds. The molecule has 2 aliphatic heterocycles. The lowest BCUT2D eigenvalue weighted by atomic mass is 9.97. The van der Waals surface area contributed by atoms with Crippen molar-refractivity contribution in [2.75, 3.05) is 19.8 Å². The van der Waals surface area contributed by atoms with Crippen LogP contribution in [0, 0.1) is 0 Å². The third-order valence-corrected chi connectivity index (χ3v) is 17.8. The summed E-state index contributed by atoms with van der Waals surface area (Å²) in [5.41, 5.74) is 0. The van der Waals surface area contributed by atoms with Crippen molar-refractivity contribution in [2.45, 2.75) is 389 Å². The minimum absolute atomic E-state index is 0.235. The molecule has 0 aromatic rings. The van der Waals surface area contributed by atoms with Crippen molar-refractivity contribution in [2.24, 2.45) is 0 Å². The molecule has 2 saturated heterocycles. The molecule has 14 nitrogen and oxygen atoms in total. The van der Waals surface area contributed by atoms with Crippen LogP contribution in [0.5, 0.6) is 0 Å². The Morgan fingerprint density at radius 2 is 0.759 bits per heavy atom. The first kappa shape index (κ1) is 81.0. The van der Waals surface area contributed by atoms with Gasteiger partial charge in [-0.2, -0.15) is 0 Å². The van der Waals surface area contributed by atoms with Crippen LogP contribution in [0.3, 0.4) is 0 Å². The zero-order chi connectivity index (χ0) is 63.1. The first-order valence-electron chi connectivity index (χ1n) is 36.4. The second kappa shape index (κ2) is 57.8. The number of carbonyl (C=O) groups is 1. The predicted molar refractivity (Wildman–Crippen MR) is 355 cm³/mol. The molecule has 2 rings (SSSR count). The van der Waals surface area contributed by atoms with E-state index in [0.717, 1.165) is 51.4 Å². The van der Waals surface area contributed by atoms with E-state index in [0.29, 0.717) is 6.42 Å². The molecule has 0 aromatic heterocycles. The Morgan fingerprint density at radius 1 is 0.414 bits per heavy atom. The fourth-order valence-corrected chi connectivity index (χ4v) is 11.9. The molecule has 87 heavy (non-hydrogen) atoms. The molecular weight excluding hydrogens is 1100 g/mol. The van der Waals surface area contributed by atoms with E-state index < -0.39 is 86.8 Å². The Balaban J connectivity index is 1.52. The van der Waals surface area contributed by atoms with Crippen LogP contribution < -0.4 is 5.32 Å². The summed E-state index contributed by atoms with van der Waals surface area (Å²) in [5.74, 6) is -0.235. The summed E-state index contributed by atoms with van der Waals surface area (Å²) >= 11 is 0. The number of nitrogens with one attached hydrogen (secondary N) is 1. The molecule has 0 spiro atoms. The number of ether oxygens (including phenoxy) is 4. The van der Waals surface area contributed by atoms with Crippen LogP contribution in [-0.4, -0.2) is 140 Å². The molecule has 0 aliphatic carbocycles. The minimum atomic E-state index is -1.79. The van der Waals surface area contributed by atoms with Gasteiger partial charge in [-0.05, 0) is 57.8 Å². The Hall–Kier alpha value is -2.05. The van der Waals surface area contributed by atoms with Crippen LogP contribution >= 0.6 is 0 Å². The maximum Gasteiger partial charge on any atom is 0.220 e. The lowest BCUT2D eigenvalue weighted by Gasteiger charge is -2.46. The van der Waals surface area contributed by atoms with Gasteiger partial charge in [0.25, 0.3) is 0 Å². The lowest BCUT2D eigenvalue weighted by molar-refractivity contribution is -0.359. The molecule has 14 heteroatoms. The van der Waals surface area contributed by atoms with Gasteiger partial charge < -0.3 is 65.1 Å². The average Bonchev–Trinajstić information content (AvgIpc) is 2.31. The van der Waals surface area contributed by atoms with Gasteiger partial charge in [-0.3, -0.25) is 4.79 Å². The molecule has 0 bridgehead atoms. The predicted octanol–water partition coefficient (Wildman–Crippen LogP) is 15.1. The van der Waals surface area contributed by atoms with Crippen LogP contribution in [0.25, 0.3) is 0 Å². The Morgan fingerprint density at radius 3 is 1.16 bits per heavy atom. The first-order chi connectivity index (χ1) is 42.6. The van der Waals surface area contributed by atoms with E-state index in [9.17, 15) is 45.6 Å². The van der Waals surface area contributed by atoms with E-state index in [2.05, 4.69) is 55.6 Å². The van der Waals surface area contributed by atoms with Crippen molar-refractivity contribution in [3.8, 4) is 0 Å². The molecule has 9 N–H and O–H groups in total. The molecule has 2 aliphatic rings. The zero-order valence-electron chi connectivity index (χ0n) is 55.5. The monoisotopic (exact) mass is 1230 g/mol. The second-order valence-corrected chi connectivity index (χ2v) is 25.7. The van der Waals surface area contributed by atoms with Gasteiger partial charge in [0.15, 0.2) is 12.6 Å². The highest BCUT2D eigenvalue weighted by Crippen LogP contribution is 2.30. The number of hydrogen-bond acceptors (Lipinski definition) is 13. The molecule has 0 aromatic carbocycles. The highest BCUT2D eigenvalue weighted by atomic mass is 16.7. The molecule has 12 unspecified atom stereocenters. The van der Waals surface area contributed by atoms with E-state index in [4.69, 9.17) is 18.9 Å². The summed E-state index contributed by atoms with van der Waals surface area (Å²) in [6, 6.07) is -0.912. The van der Waals surface area contributed by atoms with Crippen LogP contribution in [0.2, 0.25) is 0 Å². The zero-order valence-corrected chi connectivity index (χ0v) is 55.5. The first-order valence-corrected chi connectivity index (χ1v) is 36.4. The molecule has 2 heterocycles. The number of allylic oxidation sites excluding steroid dienone is 7. The van der Waals surface area contributed by atoms with Gasteiger partial charge >= 0.3 is 0 Å². The van der Waals surface area contributed by atoms with Crippen molar-refractivity contribution in [3.63, 3.8) is 0 Å². The quantitative estimate of drug-likeness (QED) is 0.0204. The summed E-state index contributed by atoms with van der Waals surface area (Å²) in [6.45, 7) is 2.80. The van der Waals surface area contributed by atoms with Gasteiger partial charge in [0.1, 0.15) is 48.8 Å². The molecule has 0 radical (unpaired) electrons. The summed E-state index contributed by atoms with van der Waals surface area (Å²) in [7, 11) is 0. The minimum Gasteiger partial charge on any atom is -0.394 e. The number of hydrogen-bond donors (Lipinski definition) is 9. The summed E-state index contributed by atoms with van der Waals surface area (Å²) in [6.07, 6.45) is 59.3. The highest BCUT2D eigenvalue weighted by Gasteiger charge is 2.51. The fraction of sp³-hybridized carbons (Fsp3) is 0.877. The third-order valence-electron chi connectivity index (χ3n) is 17.8. The Kier molecular flexibility index (Phi) is 53.9. The van der Waals surface area contributed by atoms with E-state index in [1.165, 1.54) is 238 Å². The van der Waals surface area contributed by atoms with Crippen LogP contribution in [-0.2, 0) is 23.7 Å². The van der Waals surface area contributed by atoms with Crippen molar-refractivity contribution in [3.05, 3.63) is 48.6 Å². The van der Waals surface area contributed by atoms with Gasteiger partial charge in [0.2, 0.25) is 5.91 Å². The number of aliphatic hydroxyl groups is 8. The maximum atomic E-state index is 13.3. The second-order valence-electron chi connectivity index (χ2n) is 25.7. The van der Waals surface area contributed by atoms with Crippen LogP contribution in [0.4, 0.5) is 0 Å². The van der Waals surface area contributed by atoms with Gasteiger partial charge in [0, 0.05) is 6.42 Å². The van der Waals surface area contributed by atoms with Crippen molar-refractivity contribution in [1.82, 2.24) is 5.32 Å².